The highest BCUT2D eigenvalue weighted by Gasteiger charge is 2.38. The summed E-state index contributed by atoms with van der Waals surface area (Å²) in [6, 6.07) is 26.0. The average Bonchev–Trinajstić information content (AvgIpc) is 2.97. The van der Waals surface area contributed by atoms with E-state index in [0.29, 0.717) is 13.1 Å². The fourth-order valence-electron chi connectivity index (χ4n) is 4.22. The minimum atomic E-state index is -0.183. The zero-order valence-corrected chi connectivity index (χ0v) is 22.9. The lowest BCUT2D eigenvalue weighted by molar-refractivity contribution is -0.129. The van der Waals surface area contributed by atoms with Crippen molar-refractivity contribution in [3.05, 3.63) is 102 Å². The Morgan fingerprint density at radius 3 is 2.11 bits per heavy atom. The van der Waals surface area contributed by atoms with Crippen LogP contribution in [0.1, 0.15) is 57.2 Å². The van der Waals surface area contributed by atoms with Crippen LogP contribution in [-0.2, 0) is 16.1 Å². The Kier molecular flexibility index (Phi) is 12.4. The molecule has 3 aromatic carbocycles. The number of hydrogen-bond acceptors (Lipinski definition) is 5. The Bertz CT molecular complexity index is 1090. The summed E-state index contributed by atoms with van der Waals surface area (Å²) < 4.78 is 11.0. The van der Waals surface area contributed by atoms with Crippen molar-refractivity contribution in [1.29, 1.82) is 0 Å². The van der Waals surface area contributed by atoms with Gasteiger partial charge in [0.25, 0.3) is 6.47 Å². The number of nitrogens with two attached hydrogens (primary N) is 1. The number of rotatable bonds is 4. The second-order valence-electron chi connectivity index (χ2n) is 8.54. The third-order valence-corrected chi connectivity index (χ3v) is 6.11. The predicted molar refractivity (Wildman–Crippen MR) is 154 cm³/mol. The van der Waals surface area contributed by atoms with Gasteiger partial charge in [-0.3, -0.25) is 4.79 Å². The SMILES string of the molecule is CC.CC.CN1CCC2(C=C(c3ccc(N)cc3)c3ccccc3O2)CC1.O=COCc1ccccc1. The first-order valence-corrected chi connectivity index (χ1v) is 13.2. The second-order valence-corrected chi connectivity index (χ2v) is 8.54. The number of nitrogen functional groups attached to an aromatic ring is 1. The molecule has 3 aromatic rings. The molecule has 0 unspecified atom stereocenters. The van der Waals surface area contributed by atoms with Gasteiger partial charge < -0.3 is 20.1 Å². The van der Waals surface area contributed by atoms with E-state index < -0.39 is 0 Å². The Balaban J connectivity index is 0.000000289. The molecule has 0 aromatic heterocycles. The largest absolute Gasteiger partial charge is 0.482 e. The van der Waals surface area contributed by atoms with Gasteiger partial charge in [-0.15, -0.1) is 0 Å². The molecule has 0 amide bonds. The monoisotopic (exact) mass is 502 g/mol. The van der Waals surface area contributed by atoms with Gasteiger partial charge in [-0.25, -0.2) is 0 Å². The van der Waals surface area contributed by atoms with Crippen LogP contribution in [-0.4, -0.2) is 37.1 Å². The number of piperidine rings is 1. The molecule has 2 N–H and O–H groups in total. The van der Waals surface area contributed by atoms with E-state index in [-0.39, 0.29) is 5.60 Å². The van der Waals surface area contributed by atoms with E-state index in [4.69, 9.17) is 10.5 Å². The summed E-state index contributed by atoms with van der Waals surface area (Å²) in [6.45, 7) is 10.9. The normalized spacial score (nSPS) is 15.0. The lowest BCUT2D eigenvalue weighted by Gasteiger charge is -2.42. The summed E-state index contributed by atoms with van der Waals surface area (Å²) in [5.41, 5.74) is 11.1. The number of fused-ring (bicyclic) bond motifs is 1. The van der Waals surface area contributed by atoms with Crippen LogP contribution in [0.3, 0.4) is 0 Å². The Morgan fingerprint density at radius 2 is 1.49 bits per heavy atom. The first-order chi connectivity index (χ1) is 18.1. The van der Waals surface area contributed by atoms with Gasteiger partial charge >= 0.3 is 0 Å². The molecule has 0 saturated carbocycles. The summed E-state index contributed by atoms with van der Waals surface area (Å²) in [5, 5.41) is 0. The van der Waals surface area contributed by atoms with Crippen molar-refractivity contribution < 1.29 is 14.3 Å². The first kappa shape index (κ1) is 29.7. The number of benzene rings is 3. The van der Waals surface area contributed by atoms with Gasteiger partial charge in [0, 0.05) is 37.2 Å². The molecular formula is C32H42N2O3. The fraction of sp³-hybridized carbons (Fsp3) is 0.344. The average molecular weight is 503 g/mol. The molecular weight excluding hydrogens is 460 g/mol. The zero-order chi connectivity index (χ0) is 27.1. The van der Waals surface area contributed by atoms with Crippen LogP contribution in [0.2, 0.25) is 0 Å². The van der Waals surface area contributed by atoms with Crippen LogP contribution in [0.5, 0.6) is 5.75 Å². The molecule has 198 valence electrons. The number of hydrogen-bond donors (Lipinski definition) is 1. The quantitative estimate of drug-likeness (QED) is 0.308. The molecule has 0 aliphatic carbocycles. The summed E-state index contributed by atoms with van der Waals surface area (Å²) in [5.74, 6) is 0.992. The topological polar surface area (TPSA) is 64.8 Å². The van der Waals surface area contributed by atoms with E-state index >= 15 is 0 Å². The summed E-state index contributed by atoms with van der Waals surface area (Å²) in [7, 11) is 2.17. The maximum Gasteiger partial charge on any atom is 0.293 e. The molecule has 2 heterocycles. The van der Waals surface area contributed by atoms with Gasteiger partial charge in [0.1, 0.15) is 18.0 Å². The number of carbonyl (C=O) groups excluding carboxylic acids is 1. The maximum absolute atomic E-state index is 9.76. The van der Waals surface area contributed by atoms with Crippen LogP contribution in [0, 0.1) is 0 Å². The third-order valence-electron chi connectivity index (χ3n) is 6.11. The van der Waals surface area contributed by atoms with Crippen molar-refractivity contribution in [2.45, 2.75) is 52.7 Å². The molecule has 5 rings (SSSR count). The zero-order valence-electron chi connectivity index (χ0n) is 22.9. The third kappa shape index (κ3) is 8.50. The number of anilines is 1. The molecule has 0 radical (unpaired) electrons. The van der Waals surface area contributed by atoms with E-state index in [9.17, 15) is 4.79 Å². The maximum atomic E-state index is 9.76. The molecule has 1 spiro atoms. The summed E-state index contributed by atoms with van der Waals surface area (Å²) in [4.78, 5) is 12.1. The van der Waals surface area contributed by atoms with Crippen LogP contribution >= 0.6 is 0 Å². The molecule has 2 aliphatic heterocycles. The predicted octanol–water partition coefficient (Wildman–Crippen LogP) is 6.97. The summed E-state index contributed by atoms with van der Waals surface area (Å²) >= 11 is 0. The molecule has 5 heteroatoms. The number of likely N-dealkylation sites (tertiary alicyclic amines) is 1. The highest BCUT2D eigenvalue weighted by molar-refractivity contribution is 5.85. The summed E-state index contributed by atoms with van der Waals surface area (Å²) in [6.07, 6.45) is 4.39. The Hall–Kier alpha value is -3.57. The van der Waals surface area contributed by atoms with Crippen LogP contribution in [0.4, 0.5) is 5.69 Å². The highest BCUT2D eigenvalue weighted by atomic mass is 16.5. The highest BCUT2D eigenvalue weighted by Crippen LogP contribution is 2.43. The lowest BCUT2D eigenvalue weighted by Crippen LogP contribution is -2.46. The van der Waals surface area contributed by atoms with Gasteiger partial charge in [-0.1, -0.05) is 88.4 Å². The van der Waals surface area contributed by atoms with Gasteiger partial charge in [0.05, 0.1) is 0 Å². The van der Waals surface area contributed by atoms with Crippen LogP contribution < -0.4 is 10.5 Å². The first-order valence-electron chi connectivity index (χ1n) is 13.2. The second kappa shape index (κ2) is 15.5. The van der Waals surface area contributed by atoms with E-state index in [1.54, 1.807) is 0 Å². The number of para-hydroxylation sites is 1. The fourth-order valence-corrected chi connectivity index (χ4v) is 4.22. The number of nitrogens with zero attached hydrogens (tertiary/aromatic N) is 1. The Labute approximate surface area is 222 Å². The van der Waals surface area contributed by atoms with Crippen molar-refractivity contribution in [2.75, 3.05) is 25.9 Å². The molecule has 1 fully saturated rings. The molecule has 0 bridgehead atoms. The standard InChI is InChI=1S/C20H22N2O.C8H8O2.2C2H6/c1-22-12-10-20(11-13-22)14-18(15-6-8-16(21)9-7-15)17-4-2-3-5-19(17)23-20;9-7-10-6-8-4-2-1-3-5-8;2*1-2/h2-9,14H,10-13,21H2,1H3;1-5,7H,6H2;2*1-2H3. The van der Waals surface area contributed by atoms with Gasteiger partial charge in [0.2, 0.25) is 0 Å². The van der Waals surface area contributed by atoms with Crippen molar-refractivity contribution in [3.63, 3.8) is 0 Å². The van der Waals surface area contributed by atoms with Crippen LogP contribution in [0.25, 0.3) is 5.57 Å². The molecule has 2 aliphatic rings. The number of ether oxygens (including phenoxy) is 2. The molecule has 37 heavy (non-hydrogen) atoms. The molecule has 1 saturated heterocycles. The minimum Gasteiger partial charge on any atom is -0.482 e. The van der Waals surface area contributed by atoms with E-state index in [1.807, 2.05) is 76.2 Å². The van der Waals surface area contributed by atoms with E-state index in [1.165, 1.54) is 16.7 Å². The van der Waals surface area contributed by atoms with E-state index in [2.05, 4.69) is 53.1 Å². The lowest BCUT2D eigenvalue weighted by atomic mass is 9.83. The van der Waals surface area contributed by atoms with Crippen LogP contribution in [0.15, 0.2) is 84.9 Å². The molecule has 5 nitrogen and oxygen atoms in total. The van der Waals surface area contributed by atoms with Crippen molar-refractivity contribution in [3.8, 4) is 5.75 Å². The van der Waals surface area contributed by atoms with Crippen molar-refractivity contribution in [1.82, 2.24) is 4.90 Å². The van der Waals surface area contributed by atoms with Crippen molar-refractivity contribution in [2.24, 2.45) is 0 Å². The van der Waals surface area contributed by atoms with Crippen molar-refractivity contribution >= 4 is 17.7 Å². The Morgan fingerprint density at radius 1 is 0.892 bits per heavy atom. The minimum absolute atomic E-state index is 0.183. The van der Waals surface area contributed by atoms with Gasteiger partial charge in [-0.05, 0) is 48.0 Å². The number of carbonyl (C=O) groups is 1. The van der Waals surface area contributed by atoms with Gasteiger partial charge in [-0.2, -0.15) is 0 Å². The van der Waals surface area contributed by atoms with Gasteiger partial charge in [0.15, 0.2) is 0 Å². The molecule has 0 atom stereocenters. The smallest absolute Gasteiger partial charge is 0.293 e. The van der Waals surface area contributed by atoms with E-state index in [0.717, 1.165) is 42.9 Å².